The van der Waals surface area contributed by atoms with Crippen LogP contribution in [0.3, 0.4) is 0 Å². The molecule has 6 heteroatoms. The van der Waals surface area contributed by atoms with Crippen molar-refractivity contribution < 1.29 is 4.79 Å². The number of aromatic nitrogens is 4. The van der Waals surface area contributed by atoms with Gasteiger partial charge in [-0.05, 0) is 35.4 Å². The third kappa shape index (κ3) is 4.12. The largest absolute Gasteiger partial charge is 0.340 e. The predicted molar refractivity (Wildman–Crippen MR) is 106 cm³/mol. The Morgan fingerprint density at radius 3 is 2.43 bits per heavy atom. The second-order valence-corrected chi connectivity index (χ2v) is 6.36. The van der Waals surface area contributed by atoms with Crippen molar-refractivity contribution in [1.82, 2.24) is 25.1 Å². The zero-order valence-electron chi connectivity index (χ0n) is 15.1. The number of carbonyl (C=O) groups excluding carboxylic acids is 1. The zero-order chi connectivity index (χ0) is 19.2. The molecule has 1 amide bonds. The maximum absolute atomic E-state index is 12.9. The fourth-order valence-electron chi connectivity index (χ4n) is 3.00. The number of nitrogens with zero attached hydrogens (tertiary/aromatic N) is 4. The summed E-state index contributed by atoms with van der Waals surface area (Å²) in [6.07, 6.45) is 4.90. The van der Waals surface area contributed by atoms with E-state index in [1.165, 1.54) is 6.33 Å². The van der Waals surface area contributed by atoms with Crippen LogP contribution in [0, 0.1) is 0 Å². The Morgan fingerprint density at radius 2 is 1.75 bits per heavy atom. The Bertz CT molecular complexity index is 976. The molecule has 4 aromatic rings. The normalized spacial score (nSPS) is 11.7. The van der Waals surface area contributed by atoms with E-state index in [4.69, 9.17) is 0 Å². The summed E-state index contributed by atoms with van der Waals surface area (Å²) >= 11 is 0. The van der Waals surface area contributed by atoms with Crippen LogP contribution in [0.1, 0.15) is 33.2 Å². The molecule has 1 unspecified atom stereocenters. The number of nitrogens with one attached hydrogen (secondary N) is 1. The number of amides is 1. The van der Waals surface area contributed by atoms with Crippen LogP contribution in [0.5, 0.6) is 0 Å². The number of carbonyl (C=O) groups is 1. The van der Waals surface area contributed by atoms with E-state index in [1.807, 2.05) is 72.8 Å². The van der Waals surface area contributed by atoms with E-state index in [0.29, 0.717) is 12.1 Å². The van der Waals surface area contributed by atoms with Gasteiger partial charge in [0.25, 0.3) is 5.91 Å². The number of pyridine rings is 1. The Balaban J connectivity index is 1.53. The molecule has 0 aliphatic heterocycles. The van der Waals surface area contributed by atoms with Gasteiger partial charge in [-0.2, -0.15) is 5.10 Å². The van der Waals surface area contributed by atoms with Crippen LogP contribution >= 0.6 is 0 Å². The molecule has 4 rings (SSSR count). The molecular formula is C22H19N5O. The molecule has 0 saturated carbocycles. The molecule has 2 heterocycles. The molecular weight excluding hydrogens is 350 g/mol. The van der Waals surface area contributed by atoms with Gasteiger partial charge in [0.1, 0.15) is 12.7 Å². The van der Waals surface area contributed by atoms with Crippen LogP contribution < -0.4 is 5.32 Å². The standard InChI is InChI=1S/C22H19N5O/c28-22(19-11-9-17(10-12-19)14-27-16-23-15-25-27)26-21(18-6-2-1-3-7-18)20-8-4-5-13-24-20/h1-13,15-16,21H,14H2,(H,26,28). The van der Waals surface area contributed by atoms with E-state index in [2.05, 4.69) is 20.4 Å². The van der Waals surface area contributed by atoms with Crippen molar-refractivity contribution in [1.29, 1.82) is 0 Å². The first-order valence-electron chi connectivity index (χ1n) is 8.98. The first kappa shape index (κ1) is 17.6. The Kier molecular flexibility index (Phi) is 5.20. The van der Waals surface area contributed by atoms with Crippen molar-refractivity contribution in [2.45, 2.75) is 12.6 Å². The zero-order valence-corrected chi connectivity index (χ0v) is 15.1. The summed E-state index contributed by atoms with van der Waals surface area (Å²) < 4.78 is 1.74. The van der Waals surface area contributed by atoms with E-state index in [0.717, 1.165) is 16.8 Å². The molecule has 0 bridgehead atoms. The van der Waals surface area contributed by atoms with Gasteiger partial charge in [-0.25, -0.2) is 9.67 Å². The molecule has 28 heavy (non-hydrogen) atoms. The summed E-state index contributed by atoms with van der Waals surface area (Å²) in [5.41, 5.74) is 3.42. The summed E-state index contributed by atoms with van der Waals surface area (Å²) in [5, 5.41) is 7.20. The average molecular weight is 369 g/mol. The highest BCUT2D eigenvalue weighted by molar-refractivity contribution is 5.94. The van der Waals surface area contributed by atoms with Crippen molar-refractivity contribution in [2.24, 2.45) is 0 Å². The number of hydrogen-bond donors (Lipinski definition) is 1. The predicted octanol–water partition coefficient (Wildman–Crippen LogP) is 3.24. The van der Waals surface area contributed by atoms with Crippen LogP contribution in [-0.4, -0.2) is 25.7 Å². The summed E-state index contributed by atoms with van der Waals surface area (Å²) in [5.74, 6) is -0.146. The van der Waals surface area contributed by atoms with Crippen molar-refractivity contribution >= 4 is 5.91 Å². The molecule has 2 aromatic heterocycles. The quantitative estimate of drug-likeness (QED) is 0.566. The lowest BCUT2D eigenvalue weighted by atomic mass is 10.0. The lowest BCUT2D eigenvalue weighted by Crippen LogP contribution is -2.29. The highest BCUT2D eigenvalue weighted by Crippen LogP contribution is 2.20. The van der Waals surface area contributed by atoms with Crippen molar-refractivity contribution in [2.75, 3.05) is 0 Å². The molecule has 1 atom stereocenters. The number of hydrogen-bond acceptors (Lipinski definition) is 4. The molecule has 1 N–H and O–H groups in total. The van der Waals surface area contributed by atoms with Gasteiger partial charge >= 0.3 is 0 Å². The van der Waals surface area contributed by atoms with E-state index in [9.17, 15) is 4.79 Å². The van der Waals surface area contributed by atoms with Gasteiger partial charge in [-0.15, -0.1) is 0 Å². The lowest BCUT2D eigenvalue weighted by molar-refractivity contribution is 0.0942. The van der Waals surface area contributed by atoms with Crippen molar-refractivity contribution in [3.63, 3.8) is 0 Å². The lowest BCUT2D eigenvalue weighted by Gasteiger charge is -2.19. The third-order valence-corrected chi connectivity index (χ3v) is 4.42. The van der Waals surface area contributed by atoms with Gasteiger partial charge in [-0.1, -0.05) is 48.5 Å². The fraction of sp³-hybridized carbons (Fsp3) is 0.0909. The van der Waals surface area contributed by atoms with Gasteiger partial charge < -0.3 is 5.32 Å². The van der Waals surface area contributed by atoms with Crippen LogP contribution in [0.25, 0.3) is 0 Å². The van der Waals surface area contributed by atoms with E-state index >= 15 is 0 Å². The summed E-state index contributed by atoms with van der Waals surface area (Å²) in [6.45, 7) is 0.614. The molecule has 0 radical (unpaired) electrons. The Labute approximate surface area is 162 Å². The van der Waals surface area contributed by atoms with Gasteiger partial charge in [0.15, 0.2) is 0 Å². The van der Waals surface area contributed by atoms with Crippen molar-refractivity contribution in [3.8, 4) is 0 Å². The van der Waals surface area contributed by atoms with Gasteiger partial charge in [0.05, 0.1) is 18.3 Å². The number of benzene rings is 2. The van der Waals surface area contributed by atoms with Crippen LogP contribution in [0.4, 0.5) is 0 Å². The molecule has 0 aliphatic rings. The van der Waals surface area contributed by atoms with Crippen LogP contribution in [0.15, 0.2) is 91.6 Å². The first-order chi connectivity index (χ1) is 13.8. The second kappa shape index (κ2) is 8.26. The fourth-order valence-corrected chi connectivity index (χ4v) is 3.00. The van der Waals surface area contributed by atoms with Gasteiger partial charge in [0.2, 0.25) is 0 Å². The number of rotatable bonds is 6. The maximum atomic E-state index is 12.9. The van der Waals surface area contributed by atoms with E-state index in [-0.39, 0.29) is 11.9 Å². The minimum atomic E-state index is -0.315. The highest BCUT2D eigenvalue weighted by atomic mass is 16.1. The second-order valence-electron chi connectivity index (χ2n) is 6.36. The SMILES string of the molecule is O=C(NC(c1ccccc1)c1ccccn1)c1ccc(Cn2cncn2)cc1. The summed E-state index contributed by atoms with van der Waals surface area (Å²) in [7, 11) is 0. The summed E-state index contributed by atoms with van der Waals surface area (Å²) in [6, 6.07) is 22.7. The summed E-state index contributed by atoms with van der Waals surface area (Å²) in [4.78, 5) is 21.2. The maximum Gasteiger partial charge on any atom is 0.252 e. The van der Waals surface area contributed by atoms with Gasteiger partial charge in [-0.3, -0.25) is 9.78 Å². The molecule has 0 aliphatic carbocycles. The van der Waals surface area contributed by atoms with E-state index in [1.54, 1.807) is 17.2 Å². The molecule has 0 saturated heterocycles. The average Bonchev–Trinajstić information content (AvgIpc) is 3.27. The van der Waals surface area contributed by atoms with E-state index < -0.39 is 0 Å². The third-order valence-electron chi connectivity index (χ3n) is 4.42. The molecule has 138 valence electrons. The minimum Gasteiger partial charge on any atom is -0.340 e. The van der Waals surface area contributed by atoms with Crippen molar-refractivity contribution in [3.05, 3.63) is 114 Å². The Hall–Kier alpha value is -3.80. The monoisotopic (exact) mass is 369 g/mol. The first-order valence-corrected chi connectivity index (χ1v) is 8.98. The molecule has 0 spiro atoms. The van der Waals surface area contributed by atoms with Crippen LogP contribution in [0.2, 0.25) is 0 Å². The topological polar surface area (TPSA) is 72.7 Å². The van der Waals surface area contributed by atoms with Gasteiger partial charge in [0, 0.05) is 11.8 Å². The Morgan fingerprint density at radius 1 is 0.964 bits per heavy atom. The molecule has 0 fully saturated rings. The smallest absolute Gasteiger partial charge is 0.252 e. The molecule has 6 nitrogen and oxygen atoms in total. The minimum absolute atomic E-state index is 0.146. The molecule has 2 aromatic carbocycles. The highest BCUT2D eigenvalue weighted by Gasteiger charge is 2.18. The van der Waals surface area contributed by atoms with Crippen LogP contribution in [-0.2, 0) is 6.54 Å².